The molecule has 2 aromatic rings. The first-order valence-corrected chi connectivity index (χ1v) is 15.8. The number of unbranched alkanes of at least 4 members (excludes halogenated alkanes) is 2. The minimum absolute atomic E-state index is 0.0731. The van der Waals surface area contributed by atoms with E-state index in [2.05, 4.69) is 16.0 Å². The van der Waals surface area contributed by atoms with E-state index in [0.29, 0.717) is 58.4 Å². The molecule has 10 N–H and O–H groups in total. The molecule has 0 aliphatic carbocycles. The molecule has 3 amide bonds. The van der Waals surface area contributed by atoms with Gasteiger partial charge in [0.25, 0.3) is 0 Å². The zero-order chi connectivity index (χ0) is 31.7. The minimum atomic E-state index is -0.785. The molecule has 44 heavy (non-hydrogen) atoms. The minimum Gasteiger partial charge on any atom is -0.370 e. The number of carbonyl (C=O) groups is 3. The van der Waals surface area contributed by atoms with Crippen LogP contribution < -0.4 is 33.2 Å². The fraction of sp³-hybridized carbons (Fsp3) is 0.515. The van der Waals surface area contributed by atoms with Gasteiger partial charge in [-0.2, -0.15) is 0 Å². The smallest absolute Gasteiger partial charge is 0.243 e. The van der Waals surface area contributed by atoms with Gasteiger partial charge in [-0.15, -0.1) is 0 Å². The first kappa shape index (κ1) is 34.5. The van der Waals surface area contributed by atoms with Crippen molar-refractivity contribution in [3.05, 3.63) is 60.2 Å². The molecule has 3 rings (SSSR count). The molecule has 0 saturated carbocycles. The zero-order valence-corrected chi connectivity index (χ0v) is 25.7. The van der Waals surface area contributed by atoms with E-state index in [-0.39, 0.29) is 36.0 Å². The Kier molecular flexibility index (Phi) is 14.6. The van der Waals surface area contributed by atoms with Gasteiger partial charge in [0.2, 0.25) is 17.7 Å². The molecule has 0 spiro atoms. The first-order chi connectivity index (χ1) is 21.3. The molecule has 240 valence electrons. The second kappa shape index (κ2) is 18.6. The van der Waals surface area contributed by atoms with Gasteiger partial charge in [-0.3, -0.25) is 19.8 Å². The fourth-order valence-electron chi connectivity index (χ4n) is 5.46. The second-order valence-corrected chi connectivity index (χ2v) is 11.6. The van der Waals surface area contributed by atoms with Crippen molar-refractivity contribution in [2.45, 2.75) is 69.9 Å². The second-order valence-electron chi connectivity index (χ2n) is 11.6. The van der Waals surface area contributed by atoms with Crippen LogP contribution in [0.2, 0.25) is 0 Å². The molecule has 0 aromatic heterocycles. The van der Waals surface area contributed by atoms with E-state index in [0.717, 1.165) is 42.4 Å². The Hall–Kier alpha value is -3.96. The number of hydrogen-bond donors (Lipinski definition) is 7. The van der Waals surface area contributed by atoms with Gasteiger partial charge in [0, 0.05) is 19.6 Å². The highest BCUT2D eigenvalue weighted by Crippen LogP contribution is 2.20. The van der Waals surface area contributed by atoms with Crippen LogP contribution in [-0.4, -0.2) is 73.4 Å². The lowest BCUT2D eigenvalue weighted by Crippen LogP contribution is -2.54. The van der Waals surface area contributed by atoms with E-state index in [4.69, 9.17) is 22.6 Å². The molecular weight excluding hydrogens is 556 g/mol. The average molecular weight is 607 g/mol. The van der Waals surface area contributed by atoms with Crippen molar-refractivity contribution in [1.82, 2.24) is 20.9 Å². The fourth-order valence-corrected chi connectivity index (χ4v) is 5.46. The summed E-state index contributed by atoms with van der Waals surface area (Å²) in [6.45, 7) is 2.86. The lowest BCUT2D eigenvalue weighted by Gasteiger charge is -2.32. The highest BCUT2D eigenvalue weighted by molar-refractivity contribution is 5.92. The van der Waals surface area contributed by atoms with Crippen LogP contribution in [0.5, 0.6) is 0 Å². The summed E-state index contributed by atoms with van der Waals surface area (Å²) in [7, 11) is 0. The van der Waals surface area contributed by atoms with Gasteiger partial charge in [-0.25, -0.2) is 0 Å². The maximum absolute atomic E-state index is 13.5. The SMILES string of the molecule is N=C(N)N1CCC(CNC(=O)[C@H](CCCCN)NC(=O)[C@H](CCCCN)NC(=O)Cc2cccc(-c3ccccc3)c2)CC1. The highest BCUT2D eigenvalue weighted by atomic mass is 16.2. The Balaban J connectivity index is 1.61. The summed E-state index contributed by atoms with van der Waals surface area (Å²) in [5.41, 5.74) is 19.9. The van der Waals surface area contributed by atoms with Crippen molar-refractivity contribution in [3.63, 3.8) is 0 Å². The molecule has 0 unspecified atom stereocenters. The monoisotopic (exact) mass is 606 g/mol. The first-order valence-electron chi connectivity index (χ1n) is 15.8. The van der Waals surface area contributed by atoms with Crippen LogP contribution in [0.25, 0.3) is 11.1 Å². The number of guanidine groups is 1. The Morgan fingerprint density at radius 1 is 0.818 bits per heavy atom. The number of piperidine rings is 1. The molecule has 1 aliphatic rings. The molecule has 1 saturated heterocycles. The Bertz CT molecular complexity index is 1200. The molecule has 2 atom stereocenters. The lowest BCUT2D eigenvalue weighted by atomic mass is 9.96. The molecule has 0 bridgehead atoms. The number of benzene rings is 2. The number of rotatable bonds is 17. The van der Waals surface area contributed by atoms with E-state index in [9.17, 15) is 14.4 Å². The quantitative estimate of drug-likeness (QED) is 0.0811. The average Bonchev–Trinajstić information content (AvgIpc) is 3.03. The van der Waals surface area contributed by atoms with E-state index in [1.807, 2.05) is 59.5 Å². The molecular formula is C33H50N8O3. The van der Waals surface area contributed by atoms with Crippen molar-refractivity contribution in [1.29, 1.82) is 5.41 Å². The molecule has 11 nitrogen and oxygen atoms in total. The maximum Gasteiger partial charge on any atom is 0.243 e. The number of likely N-dealkylation sites (tertiary alicyclic amines) is 1. The van der Waals surface area contributed by atoms with Gasteiger partial charge in [-0.05, 0) is 87.1 Å². The van der Waals surface area contributed by atoms with Crippen molar-refractivity contribution >= 4 is 23.7 Å². The van der Waals surface area contributed by atoms with Crippen molar-refractivity contribution in [2.24, 2.45) is 23.1 Å². The summed E-state index contributed by atoms with van der Waals surface area (Å²) in [4.78, 5) is 41.8. The molecule has 1 aliphatic heterocycles. The van der Waals surface area contributed by atoms with Crippen LogP contribution in [0, 0.1) is 11.3 Å². The van der Waals surface area contributed by atoms with E-state index in [1.54, 1.807) is 0 Å². The Morgan fingerprint density at radius 2 is 1.43 bits per heavy atom. The summed E-state index contributed by atoms with van der Waals surface area (Å²) in [5, 5.41) is 16.5. The number of nitrogens with two attached hydrogens (primary N) is 3. The summed E-state index contributed by atoms with van der Waals surface area (Å²) < 4.78 is 0. The number of nitrogens with one attached hydrogen (secondary N) is 4. The van der Waals surface area contributed by atoms with Crippen molar-refractivity contribution in [2.75, 3.05) is 32.7 Å². The van der Waals surface area contributed by atoms with Gasteiger partial charge >= 0.3 is 0 Å². The summed E-state index contributed by atoms with van der Waals surface area (Å²) in [6.07, 6.45) is 5.47. The predicted octanol–water partition coefficient (Wildman–Crippen LogP) is 1.85. The highest BCUT2D eigenvalue weighted by Gasteiger charge is 2.27. The molecule has 1 fully saturated rings. The summed E-state index contributed by atoms with van der Waals surface area (Å²) in [5.74, 6) is -0.531. The van der Waals surface area contributed by atoms with Crippen LogP contribution in [0.4, 0.5) is 0 Å². The van der Waals surface area contributed by atoms with Crippen LogP contribution in [-0.2, 0) is 20.8 Å². The molecule has 11 heteroatoms. The van der Waals surface area contributed by atoms with Gasteiger partial charge in [0.1, 0.15) is 12.1 Å². The van der Waals surface area contributed by atoms with Gasteiger partial charge in [0.15, 0.2) is 5.96 Å². The standard InChI is InChI=1S/C33H50N8O3/c34-17-6-4-13-28(31(43)38-23-24-15-19-41(20-16-24)33(36)37)40-32(44)29(14-5-7-18-35)39-30(42)22-25-9-8-12-27(21-25)26-10-2-1-3-11-26/h1-3,8-12,21,24,28-29H,4-7,13-20,22-23,34-35H2,(H3,36,37)(H,38,43)(H,39,42)(H,40,44)/t28-,29-/m0/s1. The van der Waals surface area contributed by atoms with E-state index in [1.165, 1.54) is 0 Å². The number of carbonyl (C=O) groups excluding carboxylic acids is 3. The van der Waals surface area contributed by atoms with Gasteiger partial charge < -0.3 is 38.1 Å². The number of hydrogen-bond acceptors (Lipinski definition) is 6. The topological polar surface area (TPSA) is 192 Å². The van der Waals surface area contributed by atoms with Crippen LogP contribution >= 0.6 is 0 Å². The Morgan fingerprint density at radius 3 is 2.05 bits per heavy atom. The zero-order valence-electron chi connectivity index (χ0n) is 25.7. The van der Waals surface area contributed by atoms with Crippen molar-refractivity contribution < 1.29 is 14.4 Å². The van der Waals surface area contributed by atoms with E-state index < -0.39 is 12.1 Å². The Labute approximate surface area is 261 Å². The van der Waals surface area contributed by atoms with Crippen LogP contribution in [0.1, 0.15) is 56.9 Å². The van der Waals surface area contributed by atoms with Crippen molar-refractivity contribution in [3.8, 4) is 11.1 Å². The van der Waals surface area contributed by atoms with Gasteiger partial charge in [-0.1, -0.05) is 54.6 Å². The molecule has 2 aromatic carbocycles. The normalized spacial score (nSPS) is 14.8. The van der Waals surface area contributed by atoms with Gasteiger partial charge in [0.05, 0.1) is 6.42 Å². The van der Waals surface area contributed by atoms with Crippen LogP contribution in [0.15, 0.2) is 54.6 Å². The lowest BCUT2D eigenvalue weighted by molar-refractivity contribution is -0.132. The maximum atomic E-state index is 13.5. The summed E-state index contributed by atoms with van der Waals surface area (Å²) in [6, 6.07) is 16.3. The van der Waals surface area contributed by atoms with Crippen LogP contribution in [0.3, 0.4) is 0 Å². The predicted molar refractivity (Wildman–Crippen MR) is 174 cm³/mol. The summed E-state index contributed by atoms with van der Waals surface area (Å²) >= 11 is 0. The molecule has 1 heterocycles. The third kappa shape index (κ3) is 11.6. The largest absolute Gasteiger partial charge is 0.370 e. The third-order valence-corrected chi connectivity index (χ3v) is 8.10. The number of amides is 3. The number of nitrogens with zero attached hydrogens (tertiary/aromatic N) is 1. The third-order valence-electron chi connectivity index (χ3n) is 8.10. The molecule has 0 radical (unpaired) electrons. The van der Waals surface area contributed by atoms with E-state index >= 15 is 0 Å².